The molecular formula is C21H31IN2O4. The van der Waals surface area contributed by atoms with Crippen LogP contribution < -0.4 is 15.4 Å². The number of unbranched alkanes of at least 4 members (excludes halogenated alkanes) is 3. The molecule has 0 aliphatic heterocycles. The topological polar surface area (TPSA) is 90.8 Å². The molecule has 3 atom stereocenters. The average molecular weight is 502 g/mol. The zero-order valence-electron chi connectivity index (χ0n) is 16.4. The van der Waals surface area contributed by atoms with Gasteiger partial charge in [0.15, 0.2) is 0 Å². The van der Waals surface area contributed by atoms with Gasteiger partial charge in [0.25, 0.3) is 0 Å². The molecule has 0 radical (unpaired) electrons. The lowest BCUT2D eigenvalue weighted by molar-refractivity contribution is -0.118. The number of halogens is 1. The molecule has 0 aromatic heterocycles. The third-order valence-corrected chi connectivity index (χ3v) is 5.67. The van der Waals surface area contributed by atoms with Crippen molar-refractivity contribution in [3.8, 4) is 5.75 Å². The highest BCUT2D eigenvalue weighted by Gasteiger charge is 2.35. The second-order valence-corrected chi connectivity index (χ2v) is 8.16. The van der Waals surface area contributed by atoms with E-state index in [0.29, 0.717) is 17.7 Å². The van der Waals surface area contributed by atoms with Gasteiger partial charge < -0.3 is 25.6 Å². The predicted octanol–water partition coefficient (Wildman–Crippen LogP) is 2.38. The summed E-state index contributed by atoms with van der Waals surface area (Å²) in [5.74, 6) is 0.456. The maximum atomic E-state index is 12.4. The molecule has 1 aliphatic rings. The zero-order chi connectivity index (χ0) is 20.4. The quantitative estimate of drug-likeness (QED) is 0.276. The number of amides is 1. The van der Waals surface area contributed by atoms with Gasteiger partial charge in [-0.05, 0) is 60.2 Å². The minimum absolute atomic E-state index is 0.108. The summed E-state index contributed by atoms with van der Waals surface area (Å²) >= 11 is 2.19. The van der Waals surface area contributed by atoms with Gasteiger partial charge in [-0.1, -0.05) is 38.3 Å². The molecule has 4 N–H and O–H groups in total. The van der Waals surface area contributed by atoms with E-state index in [9.17, 15) is 9.90 Å². The van der Waals surface area contributed by atoms with Crippen molar-refractivity contribution >= 4 is 28.5 Å². The molecule has 28 heavy (non-hydrogen) atoms. The summed E-state index contributed by atoms with van der Waals surface area (Å²) in [6.07, 6.45) is 5.32. The van der Waals surface area contributed by atoms with Crippen LogP contribution in [0.4, 0.5) is 0 Å². The summed E-state index contributed by atoms with van der Waals surface area (Å²) in [4.78, 5) is 12.4. The lowest BCUT2D eigenvalue weighted by Crippen LogP contribution is -2.52. The lowest BCUT2D eigenvalue weighted by Gasteiger charge is -2.34. The van der Waals surface area contributed by atoms with Crippen LogP contribution >= 0.6 is 22.6 Å². The van der Waals surface area contributed by atoms with Gasteiger partial charge in [0.1, 0.15) is 18.0 Å². The van der Waals surface area contributed by atoms with Crippen molar-refractivity contribution in [2.24, 2.45) is 0 Å². The predicted molar refractivity (Wildman–Crippen MR) is 118 cm³/mol. The molecule has 0 saturated heterocycles. The van der Waals surface area contributed by atoms with Gasteiger partial charge in [0, 0.05) is 18.2 Å². The highest BCUT2D eigenvalue weighted by atomic mass is 127. The molecule has 2 rings (SSSR count). The Morgan fingerprint density at radius 3 is 2.75 bits per heavy atom. The van der Waals surface area contributed by atoms with Gasteiger partial charge in [-0.15, -0.1) is 0 Å². The van der Waals surface area contributed by atoms with Crippen LogP contribution in [0.15, 0.2) is 35.9 Å². The maximum absolute atomic E-state index is 12.4. The minimum Gasteiger partial charge on any atom is -0.482 e. The van der Waals surface area contributed by atoms with E-state index in [2.05, 4.69) is 40.1 Å². The zero-order valence-corrected chi connectivity index (χ0v) is 18.5. The summed E-state index contributed by atoms with van der Waals surface area (Å²) in [5, 5.41) is 25.9. The van der Waals surface area contributed by atoms with E-state index in [1.807, 2.05) is 24.3 Å². The number of rotatable bonds is 11. The lowest BCUT2D eigenvalue weighted by atomic mass is 9.89. The van der Waals surface area contributed by atoms with Crippen molar-refractivity contribution in [2.75, 3.05) is 19.7 Å². The number of aliphatic hydroxyl groups excluding tert-OH is 2. The fourth-order valence-electron chi connectivity index (χ4n) is 3.23. The van der Waals surface area contributed by atoms with E-state index >= 15 is 0 Å². The second-order valence-electron chi connectivity index (χ2n) is 7.00. The fraction of sp³-hybridized carbons (Fsp3) is 0.571. The summed E-state index contributed by atoms with van der Waals surface area (Å²) in [7, 11) is 0. The molecule has 1 aromatic rings. The first kappa shape index (κ1) is 23.1. The van der Waals surface area contributed by atoms with Gasteiger partial charge in [-0.25, -0.2) is 0 Å². The standard InChI is InChI=1S/C21H31IN2O4/c1-2-3-4-7-10-23-17-13-15(21(27)24-11-12-25)14-19(20(17)26)28-18-9-6-5-8-16(18)22/h5-6,8-9,14,17,19-20,23,25-26H,2-4,7,10-13H2,1H3,(H,24,27)/t17-,19+,20+/m1/s1. The molecule has 0 bridgehead atoms. The van der Waals surface area contributed by atoms with Crippen LogP contribution in [0, 0.1) is 3.57 Å². The SMILES string of the molecule is CCCCCCN[C@@H]1CC(C(=O)NCCO)=C[C@H](Oc2ccccc2I)[C@H]1O. The van der Waals surface area contributed by atoms with E-state index in [1.165, 1.54) is 12.8 Å². The van der Waals surface area contributed by atoms with E-state index in [4.69, 9.17) is 9.84 Å². The largest absolute Gasteiger partial charge is 0.482 e. The molecule has 0 heterocycles. The molecule has 1 amide bonds. The Morgan fingerprint density at radius 1 is 1.25 bits per heavy atom. The van der Waals surface area contributed by atoms with E-state index in [1.54, 1.807) is 6.08 Å². The molecule has 6 nitrogen and oxygen atoms in total. The highest BCUT2D eigenvalue weighted by molar-refractivity contribution is 14.1. The van der Waals surface area contributed by atoms with Gasteiger partial charge in [0.05, 0.1) is 10.2 Å². The van der Waals surface area contributed by atoms with Gasteiger partial charge in [-0.3, -0.25) is 4.79 Å². The Bertz CT molecular complexity index is 653. The first-order chi connectivity index (χ1) is 13.6. The molecular weight excluding hydrogens is 471 g/mol. The number of para-hydroxylation sites is 1. The van der Waals surface area contributed by atoms with Gasteiger partial charge in [0.2, 0.25) is 5.91 Å². The van der Waals surface area contributed by atoms with Crippen molar-refractivity contribution in [3.63, 3.8) is 0 Å². The Hall–Kier alpha value is -1.16. The third-order valence-electron chi connectivity index (χ3n) is 4.78. The molecule has 0 saturated carbocycles. The Morgan fingerprint density at radius 2 is 2.04 bits per heavy atom. The monoisotopic (exact) mass is 502 g/mol. The molecule has 0 spiro atoms. The number of nitrogens with one attached hydrogen (secondary N) is 2. The number of carbonyl (C=O) groups excluding carboxylic acids is 1. The first-order valence-electron chi connectivity index (χ1n) is 9.99. The Labute approximate surface area is 180 Å². The van der Waals surface area contributed by atoms with Crippen LogP contribution in [-0.2, 0) is 4.79 Å². The maximum Gasteiger partial charge on any atom is 0.247 e. The molecule has 0 unspecified atom stereocenters. The number of aliphatic hydroxyl groups is 2. The summed E-state index contributed by atoms with van der Waals surface area (Å²) in [5.41, 5.74) is 0.570. The highest BCUT2D eigenvalue weighted by Crippen LogP contribution is 2.27. The summed E-state index contributed by atoms with van der Waals surface area (Å²) in [6.45, 7) is 3.06. The smallest absolute Gasteiger partial charge is 0.247 e. The van der Waals surface area contributed by atoms with Crippen LogP contribution in [0.25, 0.3) is 0 Å². The van der Waals surface area contributed by atoms with Crippen molar-refractivity contribution in [1.29, 1.82) is 0 Å². The number of ether oxygens (including phenoxy) is 1. The summed E-state index contributed by atoms with van der Waals surface area (Å²) < 4.78 is 7.00. The molecule has 1 aliphatic carbocycles. The number of benzene rings is 1. The van der Waals surface area contributed by atoms with Crippen molar-refractivity contribution < 1.29 is 19.7 Å². The van der Waals surface area contributed by atoms with E-state index < -0.39 is 12.2 Å². The Kier molecular flexibility index (Phi) is 10.3. The number of carbonyl (C=O) groups is 1. The number of hydrogen-bond donors (Lipinski definition) is 4. The first-order valence-corrected chi connectivity index (χ1v) is 11.1. The van der Waals surface area contributed by atoms with Crippen LogP contribution in [0.3, 0.4) is 0 Å². The molecule has 1 aromatic carbocycles. The molecule has 0 fully saturated rings. The van der Waals surface area contributed by atoms with E-state index in [-0.39, 0.29) is 25.1 Å². The van der Waals surface area contributed by atoms with Crippen molar-refractivity contribution in [3.05, 3.63) is 39.5 Å². The molecule has 156 valence electrons. The fourth-order valence-corrected chi connectivity index (χ4v) is 3.74. The second kappa shape index (κ2) is 12.4. The Balaban J connectivity index is 2.10. The van der Waals surface area contributed by atoms with Crippen LogP contribution in [0.2, 0.25) is 0 Å². The third kappa shape index (κ3) is 7.02. The van der Waals surface area contributed by atoms with Crippen LogP contribution in [-0.4, -0.2) is 54.1 Å². The number of hydrogen-bond acceptors (Lipinski definition) is 5. The molecule has 7 heteroatoms. The van der Waals surface area contributed by atoms with Crippen LogP contribution in [0.5, 0.6) is 5.75 Å². The van der Waals surface area contributed by atoms with Crippen molar-refractivity contribution in [2.45, 2.75) is 57.3 Å². The minimum atomic E-state index is -0.753. The van der Waals surface area contributed by atoms with E-state index in [0.717, 1.165) is 23.0 Å². The normalized spacial score (nSPS) is 21.9. The van der Waals surface area contributed by atoms with Gasteiger partial charge >= 0.3 is 0 Å². The van der Waals surface area contributed by atoms with Crippen LogP contribution in [0.1, 0.15) is 39.0 Å². The van der Waals surface area contributed by atoms with Gasteiger partial charge in [-0.2, -0.15) is 0 Å². The summed E-state index contributed by atoms with van der Waals surface area (Å²) in [6, 6.07) is 7.35. The van der Waals surface area contributed by atoms with Crippen molar-refractivity contribution in [1.82, 2.24) is 10.6 Å². The average Bonchev–Trinajstić information content (AvgIpc) is 2.70.